The molecular weight excluding hydrogens is 795 g/mol. The van der Waals surface area contributed by atoms with E-state index in [-0.39, 0.29) is 17.7 Å². The van der Waals surface area contributed by atoms with Crippen molar-refractivity contribution >= 4 is 35.5 Å². The number of nitrogens with zero attached hydrogens (tertiary/aromatic N) is 3. The Kier molecular flexibility index (Phi) is 22.2. The number of benzene rings is 3. The number of nitrogens with one attached hydrogen (secondary N) is 2. The Balaban J connectivity index is 0.000000344. The minimum Gasteiger partial charge on any atom is -0.324 e. The molecular formula is C47H35N5O10. The fourth-order valence-corrected chi connectivity index (χ4v) is 4.19. The van der Waals surface area contributed by atoms with Crippen molar-refractivity contribution < 1.29 is 49.6 Å². The summed E-state index contributed by atoms with van der Waals surface area (Å²) in [4.78, 5) is 43.6. The van der Waals surface area contributed by atoms with Crippen LogP contribution in [0.15, 0.2) is 78.9 Å². The molecule has 15 heteroatoms. The molecule has 0 amide bonds. The van der Waals surface area contributed by atoms with E-state index in [4.69, 9.17) is 0 Å². The molecule has 0 saturated carbocycles. The molecule has 0 aliphatic carbocycles. The minimum atomic E-state index is -0.0926. The van der Waals surface area contributed by atoms with Gasteiger partial charge in [0.1, 0.15) is 5.82 Å². The Morgan fingerprint density at radius 3 is 1.65 bits per heavy atom. The molecule has 3 aromatic carbocycles. The van der Waals surface area contributed by atoms with Crippen molar-refractivity contribution in [1.29, 1.82) is 0 Å². The van der Waals surface area contributed by atoms with Crippen molar-refractivity contribution in [1.82, 2.24) is 15.0 Å². The first-order valence-electron chi connectivity index (χ1n) is 17.9. The maximum Gasteiger partial charge on any atom is 0.334 e. The van der Waals surface area contributed by atoms with Crippen LogP contribution in [0.2, 0.25) is 0 Å². The normalized spacial score (nSPS) is 8.98. The maximum absolute atomic E-state index is 12.5. The quantitative estimate of drug-likeness (QED) is 0.0311. The smallest absolute Gasteiger partial charge is 0.324 e. The van der Waals surface area contributed by atoms with Crippen LogP contribution in [-0.4, -0.2) is 27.2 Å². The highest BCUT2D eigenvalue weighted by molar-refractivity contribution is 5.96. The van der Waals surface area contributed by atoms with Gasteiger partial charge in [-0.3, -0.25) is 14.5 Å². The molecule has 0 radical (unpaired) electrons. The molecule has 4 rings (SSSR count). The molecule has 0 atom stereocenters. The number of anilines is 4. The van der Waals surface area contributed by atoms with E-state index in [1.54, 1.807) is 6.92 Å². The second kappa shape index (κ2) is 28.8. The maximum atomic E-state index is 12.5. The lowest BCUT2D eigenvalue weighted by Gasteiger charge is -2.16. The molecule has 62 heavy (non-hydrogen) atoms. The van der Waals surface area contributed by atoms with Crippen LogP contribution in [0.4, 0.5) is 23.3 Å². The van der Waals surface area contributed by atoms with E-state index < -0.39 is 0 Å². The fraction of sp³-hybridized carbons (Fsp3) is 0.170. The van der Waals surface area contributed by atoms with Crippen LogP contribution in [0, 0.1) is 107 Å². The first-order chi connectivity index (χ1) is 30.1. The third-order valence-electron chi connectivity index (χ3n) is 6.63. The molecule has 308 valence electrons. The van der Waals surface area contributed by atoms with Crippen molar-refractivity contribution in [3.05, 3.63) is 101 Å². The first kappa shape index (κ1) is 47.8. The first-order valence-corrected chi connectivity index (χ1v) is 17.9. The van der Waals surface area contributed by atoms with Crippen molar-refractivity contribution in [2.24, 2.45) is 5.41 Å². The summed E-state index contributed by atoms with van der Waals surface area (Å²) in [7, 11) is 0. The van der Waals surface area contributed by atoms with Gasteiger partial charge in [0, 0.05) is 101 Å². The second-order valence-corrected chi connectivity index (χ2v) is 12.7. The SMILES string of the molecule is CC#CC#CC#CC#CC#CC#CC#CC#COOOOOOOOC=O.Cc1ccc(Cc2nc(Nc3ccccc3)nc(Nc3ccc(C(=O)CC(C)(C)C)cc3)n2)cc1. The van der Waals surface area contributed by atoms with Gasteiger partial charge in [-0.05, 0) is 103 Å². The molecule has 1 aromatic heterocycles. The van der Waals surface area contributed by atoms with Crippen molar-refractivity contribution in [2.45, 2.75) is 47.5 Å². The van der Waals surface area contributed by atoms with Crippen LogP contribution >= 0.6 is 0 Å². The number of aryl methyl sites for hydroxylation is 1. The molecule has 0 unspecified atom stereocenters. The van der Waals surface area contributed by atoms with Gasteiger partial charge in [0.05, 0.1) is 0 Å². The monoisotopic (exact) mass is 829 g/mol. The lowest BCUT2D eigenvalue weighted by Crippen LogP contribution is -2.13. The van der Waals surface area contributed by atoms with Gasteiger partial charge < -0.3 is 10.6 Å². The molecule has 15 nitrogen and oxygen atoms in total. The summed E-state index contributed by atoms with van der Waals surface area (Å²) < 4.78 is 0. The van der Waals surface area contributed by atoms with Gasteiger partial charge in [0.25, 0.3) is 0 Å². The summed E-state index contributed by atoms with van der Waals surface area (Å²) in [5.41, 5.74) is 4.69. The zero-order valence-electron chi connectivity index (χ0n) is 33.9. The molecule has 0 spiro atoms. The van der Waals surface area contributed by atoms with E-state index in [2.05, 4.69) is 206 Å². The lowest BCUT2D eigenvalue weighted by molar-refractivity contribution is -0.806. The topological polar surface area (TPSA) is 171 Å². The number of carbonyl (C=O) groups excluding carboxylic acids is 2. The number of hydrogen-bond acceptors (Lipinski definition) is 15. The summed E-state index contributed by atoms with van der Waals surface area (Å²) in [5.74, 6) is 38.1. The van der Waals surface area contributed by atoms with Crippen LogP contribution < -0.4 is 10.6 Å². The van der Waals surface area contributed by atoms with E-state index in [1.807, 2.05) is 60.7 Å². The van der Waals surface area contributed by atoms with Crippen LogP contribution in [0.3, 0.4) is 0 Å². The summed E-state index contributed by atoms with van der Waals surface area (Å²) in [6, 6.07) is 25.6. The van der Waals surface area contributed by atoms with Gasteiger partial charge in [-0.25, -0.2) is 4.89 Å². The molecule has 4 aromatic rings. The molecule has 0 saturated heterocycles. The average molecular weight is 830 g/mol. The second-order valence-electron chi connectivity index (χ2n) is 12.7. The highest BCUT2D eigenvalue weighted by atomic mass is 17.9. The summed E-state index contributed by atoms with van der Waals surface area (Å²) >= 11 is 0. The Bertz CT molecular complexity index is 2620. The highest BCUT2D eigenvalue weighted by Crippen LogP contribution is 2.23. The molecule has 1 heterocycles. The van der Waals surface area contributed by atoms with E-state index in [1.165, 1.54) is 5.56 Å². The number of hydrogen-bond donors (Lipinski definition) is 2. The predicted octanol–water partition coefficient (Wildman–Crippen LogP) is 6.56. The molecule has 0 fully saturated rings. The van der Waals surface area contributed by atoms with Crippen molar-refractivity contribution in [3.8, 4) is 94.9 Å². The number of ketones is 1. The number of carbonyl (C=O) groups is 2. The van der Waals surface area contributed by atoms with Crippen LogP contribution in [0.25, 0.3) is 0 Å². The zero-order valence-corrected chi connectivity index (χ0v) is 33.9. The number of Topliss-reactive ketones (excluding diaryl/α,β-unsaturated/α-hetero) is 1. The van der Waals surface area contributed by atoms with Gasteiger partial charge >= 0.3 is 6.47 Å². The lowest BCUT2D eigenvalue weighted by atomic mass is 9.88. The summed E-state index contributed by atoms with van der Waals surface area (Å²) in [5, 5.41) is 28.4. The van der Waals surface area contributed by atoms with Crippen LogP contribution in [0.1, 0.15) is 61.4 Å². The van der Waals surface area contributed by atoms with E-state index in [0.29, 0.717) is 36.1 Å². The third kappa shape index (κ3) is 22.4. The van der Waals surface area contributed by atoms with Crippen LogP contribution in [-0.2, 0) is 51.2 Å². The molecule has 0 aliphatic rings. The standard InChI is InChI=1S/C29H31N5O.C18H4O9/c1-20-10-12-21(13-11-20)18-26-32-27(30-23-8-6-5-7-9-23)34-28(33-26)31-24-16-14-22(15-17-24)25(35)19-29(2,3)4;1-2-3-4-5-6-7-8-9-10-11-12-13-14-15-16-17-20-22-24-26-27-25-23-21-18-19/h5-17H,18-19H2,1-4H3,(H2,30,31,32,33,34);18H,1H3. The van der Waals surface area contributed by atoms with E-state index in [0.717, 1.165) is 16.9 Å². The third-order valence-corrected chi connectivity index (χ3v) is 6.63. The Morgan fingerprint density at radius 1 is 0.613 bits per heavy atom. The largest absolute Gasteiger partial charge is 0.334 e. The van der Waals surface area contributed by atoms with Gasteiger partial charge in [-0.15, -0.1) is 0 Å². The molecule has 0 aliphatic heterocycles. The van der Waals surface area contributed by atoms with Gasteiger partial charge in [0.15, 0.2) is 11.9 Å². The Morgan fingerprint density at radius 2 is 1.11 bits per heavy atom. The minimum absolute atomic E-state index is 0.0467. The van der Waals surface area contributed by atoms with E-state index >= 15 is 0 Å². The summed E-state index contributed by atoms with van der Waals surface area (Å²) in [6.45, 7) is 9.85. The summed E-state index contributed by atoms with van der Waals surface area (Å²) in [6.07, 6.45) is 3.02. The van der Waals surface area contributed by atoms with Crippen LogP contribution in [0.5, 0.6) is 0 Å². The fourth-order valence-electron chi connectivity index (χ4n) is 4.19. The Labute approximate surface area is 359 Å². The average Bonchev–Trinajstić information content (AvgIpc) is 3.25. The van der Waals surface area contributed by atoms with Gasteiger partial charge in [-0.2, -0.15) is 15.0 Å². The van der Waals surface area contributed by atoms with Gasteiger partial charge in [-0.1, -0.05) is 74.7 Å². The van der Waals surface area contributed by atoms with Crippen molar-refractivity contribution in [2.75, 3.05) is 10.6 Å². The zero-order chi connectivity index (χ0) is 44.5. The van der Waals surface area contributed by atoms with Crippen molar-refractivity contribution in [3.63, 3.8) is 0 Å². The van der Waals surface area contributed by atoms with E-state index in [9.17, 15) is 9.59 Å². The number of aromatic nitrogens is 3. The highest BCUT2D eigenvalue weighted by Gasteiger charge is 2.17. The predicted molar refractivity (Wildman–Crippen MR) is 224 cm³/mol. The number of para-hydroxylation sites is 1. The molecule has 2 N–H and O–H groups in total. The molecule has 0 bridgehead atoms. The number of rotatable bonds is 16. The van der Waals surface area contributed by atoms with Gasteiger partial charge in [0.2, 0.25) is 11.9 Å². The Hall–Kier alpha value is -8.55.